The van der Waals surface area contributed by atoms with Gasteiger partial charge in [0.05, 0.1) is 14.2 Å². The smallest absolute Gasteiger partial charge is 0.328 e. The molecular weight excluding hydrogens is 394 g/mol. The van der Waals surface area contributed by atoms with Crippen LogP contribution in [0.25, 0.3) is 0 Å². The molecule has 2 atom stereocenters. The second kappa shape index (κ2) is 10.0. The third kappa shape index (κ3) is 5.74. The number of ether oxygens (including phenoxy) is 3. The van der Waals surface area contributed by atoms with E-state index in [2.05, 4.69) is 21.2 Å². The van der Waals surface area contributed by atoms with Gasteiger partial charge in [-0.2, -0.15) is 0 Å². The molecule has 0 radical (unpaired) electrons. The van der Waals surface area contributed by atoms with E-state index in [1.807, 2.05) is 13.8 Å². The first-order chi connectivity index (χ1) is 11.9. The molecule has 0 saturated heterocycles. The molecule has 0 heterocycles. The first kappa shape index (κ1) is 21.0. The number of halogens is 1. The van der Waals surface area contributed by atoms with Crippen LogP contribution in [-0.4, -0.2) is 45.0 Å². The zero-order valence-electron chi connectivity index (χ0n) is 14.6. The zero-order valence-corrected chi connectivity index (χ0v) is 16.2. The van der Waals surface area contributed by atoms with Crippen molar-refractivity contribution in [1.82, 2.24) is 5.32 Å². The summed E-state index contributed by atoms with van der Waals surface area (Å²) in [5.41, 5.74) is 0.364. The highest BCUT2D eigenvalue weighted by atomic mass is 79.9. The number of amides is 1. The lowest BCUT2D eigenvalue weighted by molar-refractivity contribution is -0.146. The summed E-state index contributed by atoms with van der Waals surface area (Å²) in [4.78, 5) is 34.9. The van der Waals surface area contributed by atoms with Crippen molar-refractivity contribution in [3.05, 3.63) is 22.2 Å². The highest BCUT2D eigenvalue weighted by Crippen LogP contribution is 2.32. The van der Waals surface area contributed by atoms with Gasteiger partial charge in [0.25, 0.3) is 5.91 Å². The fourth-order valence-corrected chi connectivity index (χ4v) is 2.48. The maximum absolute atomic E-state index is 12.1. The molecule has 1 N–H and O–H groups in total. The second-order valence-electron chi connectivity index (χ2n) is 5.38. The maximum atomic E-state index is 12.1. The number of hydrogen-bond acceptors (Lipinski definition) is 6. The highest BCUT2D eigenvalue weighted by molar-refractivity contribution is 9.10. The van der Waals surface area contributed by atoms with Gasteiger partial charge in [0, 0.05) is 10.0 Å². The van der Waals surface area contributed by atoms with Crippen molar-refractivity contribution in [1.29, 1.82) is 0 Å². The number of aldehydes is 1. The number of carbonyl (C=O) groups is 3. The Morgan fingerprint density at radius 1 is 1.28 bits per heavy atom. The van der Waals surface area contributed by atoms with Crippen LogP contribution in [0.15, 0.2) is 16.6 Å². The minimum atomic E-state index is -0.747. The van der Waals surface area contributed by atoms with Gasteiger partial charge in [-0.25, -0.2) is 4.79 Å². The lowest BCUT2D eigenvalue weighted by Crippen LogP contribution is -2.47. The molecule has 138 valence electrons. The number of esters is 1. The van der Waals surface area contributed by atoms with Gasteiger partial charge in [-0.1, -0.05) is 20.3 Å². The van der Waals surface area contributed by atoms with Crippen molar-refractivity contribution in [3.8, 4) is 11.5 Å². The van der Waals surface area contributed by atoms with E-state index in [0.717, 1.165) is 0 Å². The van der Waals surface area contributed by atoms with Crippen LogP contribution in [0, 0.1) is 5.92 Å². The molecule has 0 bridgehead atoms. The van der Waals surface area contributed by atoms with Crippen LogP contribution in [0.3, 0.4) is 0 Å². The summed E-state index contributed by atoms with van der Waals surface area (Å²) in [7, 11) is 2.72. The Bertz CT molecular complexity index is 634. The second-order valence-corrected chi connectivity index (χ2v) is 6.24. The van der Waals surface area contributed by atoms with Gasteiger partial charge in [-0.15, -0.1) is 0 Å². The van der Waals surface area contributed by atoms with Crippen molar-refractivity contribution in [3.63, 3.8) is 0 Å². The summed E-state index contributed by atoms with van der Waals surface area (Å²) in [5.74, 6) is -0.446. The molecule has 0 spiro atoms. The molecule has 0 aliphatic carbocycles. The zero-order chi connectivity index (χ0) is 19.0. The van der Waals surface area contributed by atoms with Crippen LogP contribution in [0.1, 0.15) is 30.6 Å². The first-order valence-electron chi connectivity index (χ1n) is 7.70. The third-order valence-electron chi connectivity index (χ3n) is 3.75. The van der Waals surface area contributed by atoms with E-state index in [0.29, 0.717) is 28.5 Å². The van der Waals surface area contributed by atoms with Crippen LogP contribution in [-0.2, 0) is 14.3 Å². The standard InChI is InChI=1S/C17H22BrNO6/c1-5-10(2)16(17(22)24-4)19-15(21)9-25-14-6-11(8-20)12(18)7-13(14)23-3/h6-8,10,16H,5,9H2,1-4H3,(H,19,21)/t10-,16+/m1/s1. The summed E-state index contributed by atoms with van der Waals surface area (Å²) in [5, 5.41) is 2.61. The van der Waals surface area contributed by atoms with E-state index < -0.39 is 17.9 Å². The molecular formula is C17H22BrNO6. The molecule has 0 saturated carbocycles. The molecule has 7 nitrogen and oxygen atoms in total. The Hall–Kier alpha value is -2.09. The molecule has 0 unspecified atom stereocenters. The van der Waals surface area contributed by atoms with Gasteiger partial charge in [0.2, 0.25) is 0 Å². The number of rotatable bonds is 9. The van der Waals surface area contributed by atoms with Crippen LogP contribution in [0.2, 0.25) is 0 Å². The largest absolute Gasteiger partial charge is 0.493 e. The van der Waals surface area contributed by atoms with Crippen LogP contribution < -0.4 is 14.8 Å². The summed E-state index contributed by atoms with van der Waals surface area (Å²) in [6, 6.07) is 2.30. The van der Waals surface area contributed by atoms with Gasteiger partial charge in [0.1, 0.15) is 6.04 Å². The van der Waals surface area contributed by atoms with Gasteiger partial charge in [-0.05, 0) is 34.0 Å². The Morgan fingerprint density at radius 3 is 2.48 bits per heavy atom. The molecule has 25 heavy (non-hydrogen) atoms. The summed E-state index contributed by atoms with van der Waals surface area (Å²) >= 11 is 3.25. The van der Waals surface area contributed by atoms with Crippen LogP contribution in [0.5, 0.6) is 11.5 Å². The SMILES string of the molecule is CC[C@@H](C)[C@H](NC(=O)COc1cc(C=O)c(Br)cc1OC)C(=O)OC. The predicted molar refractivity (Wildman–Crippen MR) is 95.0 cm³/mol. The Balaban J connectivity index is 2.81. The Kier molecular flexibility index (Phi) is 8.40. The molecule has 0 aliphatic rings. The maximum Gasteiger partial charge on any atom is 0.328 e. The number of carbonyl (C=O) groups excluding carboxylic acids is 3. The molecule has 0 aromatic heterocycles. The minimum absolute atomic E-state index is 0.0831. The van der Waals surface area contributed by atoms with Crippen molar-refractivity contribution in [2.45, 2.75) is 26.3 Å². The number of nitrogens with one attached hydrogen (secondary N) is 1. The van der Waals surface area contributed by atoms with Crippen LogP contribution >= 0.6 is 15.9 Å². The average Bonchev–Trinajstić information content (AvgIpc) is 2.63. The van der Waals surface area contributed by atoms with E-state index >= 15 is 0 Å². The third-order valence-corrected chi connectivity index (χ3v) is 4.44. The number of benzene rings is 1. The van der Waals surface area contributed by atoms with E-state index in [-0.39, 0.29) is 18.3 Å². The Morgan fingerprint density at radius 2 is 1.96 bits per heavy atom. The molecule has 1 aromatic carbocycles. The molecule has 1 aromatic rings. The molecule has 8 heteroatoms. The summed E-state index contributed by atoms with van der Waals surface area (Å²) < 4.78 is 15.9. The molecule has 0 aliphatic heterocycles. The summed E-state index contributed by atoms with van der Waals surface area (Å²) in [6.45, 7) is 3.42. The van der Waals surface area contributed by atoms with Crippen molar-refractivity contribution in [2.75, 3.05) is 20.8 Å². The van der Waals surface area contributed by atoms with Crippen molar-refractivity contribution in [2.24, 2.45) is 5.92 Å². The molecule has 0 fully saturated rings. The van der Waals surface area contributed by atoms with Gasteiger partial charge < -0.3 is 19.5 Å². The quantitative estimate of drug-likeness (QED) is 0.491. The number of methoxy groups -OCH3 is 2. The minimum Gasteiger partial charge on any atom is -0.493 e. The van der Waals surface area contributed by atoms with Gasteiger partial charge in [-0.3, -0.25) is 9.59 Å². The van der Waals surface area contributed by atoms with E-state index in [4.69, 9.17) is 14.2 Å². The predicted octanol–water partition coefficient (Wildman–Crippen LogP) is 2.35. The van der Waals surface area contributed by atoms with Crippen molar-refractivity contribution < 1.29 is 28.6 Å². The first-order valence-corrected chi connectivity index (χ1v) is 8.49. The van der Waals surface area contributed by atoms with Gasteiger partial charge in [0.15, 0.2) is 24.4 Å². The lowest BCUT2D eigenvalue weighted by atomic mass is 9.99. The fraction of sp³-hybridized carbons (Fsp3) is 0.471. The average molecular weight is 416 g/mol. The lowest BCUT2D eigenvalue weighted by Gasteiger charge is -2.22. The monoisotopic (exact) mass is 415 g/mol. The topological polar surface area (TPSA) is 90.9 Å². The molecule has 1 amide bonds. The Labute approximate surface area is 155 Å². The van der Waals surface area contributed by atoms with E-state index in [9.17, 15) is 14.4 Å². The highest BCUT2D eigenvalue weighted by Gasteiger charge is 2.26. The van der Waals surface area contributed by atoms with Gasteiger partial charge >= 0.3 is 5.97 Å². The van der Waals surface area contributed by atoms with E-state index in [1.54, 1.807) is 6.07 Å². The normalized spacial score (nSPS) is 12.7. The number of hydrogen-bond donors (Lipinski definition) is 1. The molecule has 1 rings (SSSR count). The fourth-order valence-electron chi connectivity index (χ4n) is 2.07. The van der Waals surface area contributed by atoms with Crippen LogP contribution in [0.4, 0.5) is 0 Å². The van der Waals surface area contributed by atoms with Crippen molar-refractivity contribution >= 4 is 34.1 Å². The summed E-state index contributed by atoms with van der Waals surface area (Å²) in [6.07, 6.45) is 1.36. The van der Waals surface area contributed by atoms with E-state index in [1.165, 1.54) is 20.3 Å².